The van der Waals surface area contributed by atoms with Crippen LogP contribution >= 0.6 is 0 Å². The average Bonchev–Trinajstić information content (AvgIpc) is 3.43. The number of nitrogens with one attached hydrogen (secondary N) is 3. The molecule has 0 spiro atoms. The summed E-state index contributed by atoms with van der Waals surface area (Å²) < 4.78 is 5.44. The van der Waals surface area contributed by atoms with E-state index >= 15 is 0 Å². The second-order valence-electron chi connectivity index (χ2n) is 8.08. The van der Waals surface area contributed by atoms with Crippen LogP contribution in [0, 0.1) is 0 Å². The largest absolute Gasteiger partial charge is 0.480 e. The number of hydrogen-bond donors (Lipinski definition) is 3. The number of rotatable bonds is 5. The van der Waals surface area contributed by atoms with Crippen LogP contribution in [-0.2, 0) is 10.2 Å². The molecule has 0 bridgehead atoms. The second-order valence-corrected chi connectivity index (χ2v) is 8.08. The third-order valence-corrected chi connectivity index (χ3v) is 5.02. The lowest BCUT2D eigenvalue weighted by Gasteiger charge is -2.18. The van der Waals surface area contributed by atoms with E-state index in [1.807, 2.05) is 12.1 Å². The maximum Gasteiger partial charge on any atom is 0.250 e. The third-order valence-electron chi connectivity index (χ3n) is 5.02. The number of H-pyrrole nitrogens is 2. The lowest BCUT2D eigenvalue weighted by Crippen LogP contribution is -2.34. The van der Waals surface area contributed by atoms with Gasteiger partial charge < -0.3 is 15.0 Å². The summed E-state index contributed by atoms with van der Waals surface area (Å²) in [7, 11) is 1.57. The number of carbonyl (C=O) groups excluding carboxylic acids is 1. The number of amides is 1. The van der Waals surface area contributed by atoms with Crippen LogP contribution in [0.3, 0.4) is 0 Å². The lowest BCUT2D eigenvalue weighted by atomic mass is 9.93. The van der Waals surface area contributed by atoms with E-state index < -0.39 is 0 Å². The summed E-state index contributed by atoms with van der Waals surface area (Å²) in [5, 5.41) is 9.96. The number of aromatic amines is 2. The first-order chi connectivity index (χ1) is 13.9. The van der Waals surface area contributed by atoms with Gasteiger partial charge in [0, 0.05) is 35.0 Å². The number of hydrogen-bond acceptors (Lipinski definition) is 6. The number of imidazole rings is 1. The first-order valence-electron chi connectivity index (χ1n) is 9.54. The predicted molar refractivity (Wildman–Crippen MR) is 110 cm³/mol. The number of aromatic nitrogens is 5. The summed E-state index contributed by atoms with van der Waals surface area (Å²) in [6, 6.07) is 3.37. The Morgan fingerprint density at radius 1 is 1.28 bits per heavy atom. The van der Waals surface area contributed by atoms with Gasteiger partial charge in [-0.3, -0.25) is 14.8 Å². The van der Waals surface area contributed by atoms with Gasteiger partial charge in [-0.25, -0.2) is 4.98 Å². The van der Waals surface area contributed by atoms with Crippen molar-refractivity contribution in [3.05, 3.63) is 36.4 Å². The molecule has 1 aliphatic rings. The highest BCUT2D eigenvalue weighted by atomic mass is 16.5. The van der Waals surface area contributed by atoms with E-state index in [-0.39, 0.29) is 17.4 Å². The van der Waals surface area contributed by atoms with Crippen LogP contribution in [0.2, 0.25) is 0 Å². The Morgan fingerprint density at radius 3 is 2.76 bits per heavy atom. The molecular weight excluding hydrogens is 370 g/mol. The zero-order valence-electron chi connectivity index (χ0n) is 17.0. The van der Waals surface area contributed by atoms with Crippen LogP contribution in [0.15, 0.2) is 30.7 Å². The molecule has 3 N–H and O–H groups in total. The molecule has 0 aromatic carbocycles. The second kappa shape index (κ2) is 7.23. The maximum atomic E-state index is 13.0. The van der Waals surface area contributed by atoms with Gasteiger partial charge in [-0.15, -0.1) is 0 Å². The predicted octanol–water partition coefficient (Wildman–Crippen LogP) is 2.72. The fourth-order valence-electron chi connectivity index (χ4n) is 3.34. The Morgan fingerprint density at radius 2 is 2.10 bits per heavy atom. The average molecular weight is 395 g/mol. The summed E-state index contributed by atoms with van der Waals surface area (Å²) in [5.74, 6) is 1.59. The van der Waals surface area contributed by atoms with Gasteiger partial charge in [0.1, 0.15) is 11.9 Å². The van der Waals surface area contributed by atoms with E-state index in [1.165, 1.54) is 0 Å². The number of anilines is 2. The molecule has 1 amide bonds. The summed E-state index contributed by atoms with van der Waals surface area (Å²) in [6.07, 6.45) is 5.95. The molecule has 29 heavy (non-hydrogen) atoms. The van der Waals surface area contributed by atoms with Gasteiger partial charge in [0.25, 0.3) is 5.91 Å². The molecule has 152 valence electrons. The van der Waals surface area contributed by atoms with E-state index in [9.17, 15) is 4.79 Å². The van der Waals surface area contributed by atoms with Crippen molar-refractivity contribution >= 4 is 17.7 Å². The normalized spacial score (nSPS) is 17.0. The van der Waals surface area contributed by atoms with Crippen molar-refractivity contribution < 1.29 is 9.53 Å². The van der Waals surface area contributed by atoms with Gasteiger partial charge in [-0.1, -0.05) is 20.8 Å². The Hall–Kier alpha value is -3.36. The standard InChI is InChI=1S/C20H25N7O2/c1-20(2,3)15-11-21-19(25-15)24-14-7-8-27(18(14)28)16-6-5-13(17(26-16)29-4)12-9-22-23-10-12/h5-6,9-11,14H,7-8H2,1-4H3,(H,22,23)(H2,21,24,25). The maximum absolute atomic E-state index is 13.0. The third kappa shape index (κ3) is 3.67. The van der Waals surface area contributed by atoms with Crippen molar-refractivity contribution in [2.24, 2.45) is 0 Å². The summed E-state index contributed by atoms with van der Waals surface area (Å²) in [5.41, 5.74) is 2.68. The molecule has 1 unspecified atom stereocenters. The highest BCUT2D eigenvalue weighted by molar-refractivity contribution is 6.00. The van der Waals surface area contributed by atoms with Gasteiger partial charge in [0.05, 0.1) is 19.5 Å². The summed E-state index contributed by atoms with van der Waals surface area (Å²) in [6.45, 7) is 6.90. The van der Waals surface area contributed by atoms with Crippen molar-refractivity contribution in [3.8, 4) is 17.0 Å². The molecule has 0 aliphatic carbocycles. The van der Waals surface area contributed by atoms with Crippen molar-refractivity contribution in [1.82, 2.24) is 25.1 Å². The van der Waals surface area contributed by atoms with Crippen LogP contribution in [0.4, 0.5) is 11.8 Å². The van der Waals surface area contributed by atoms with Crippen LogP contribution in [-0.4, -0.2) is 50.8 Å². The molecule has 9 nitrogen and oxygen atoms in total. The van der Waals surface area contributed by atoms with Gasteiger partial charge in [-0.2, -0.15) is 10.1 Å². The topological polar surface area (TPSA) is 112 Å². The molecular formula is C20H25N7O2. The Balaban J connectivity index is 1.51. The van der Waals surface area contributed by atoms with Gasteiger partial charge >= 0.3 is 0 Å². The number of pyridine rings is 1. The Kier molecular flexibility index (Phi) is 4.73. The number of methoxy groups -OCH3 is 1. The van der Waals surface area contributed by atoms with Gasteiger partial charge in [-0.05, 0) is 18.6 Å². The van der Waals surface area contributed by atoms with Crippen LogP contribution in [0.5, 0.6) is 5.88 Å². The number of carbonyl (C=O) groups is 1. The highest BCUT2D eigenvalue weighted by Crippen LogP contribution is 2.31. The van der Waals surface area contributed by atoms with Crippen LogP contribution < -0.4 is 15.0 Å². The molecule has 0 radical (unpaired) electrons. The molecule has 0 saturated carbocycles. The zero-order chi connectivity index (χ0) is 20.6. The number of ether oxygens (including phenoxy) is 1. The van der Waals surface area contributed by atoms with E-state index in [2.05, 4.69) is 51.2 Å². The molecule has 1 saturated heterocycles. The Bertz CT molecular complexity index is 1000. The fourth-order valence-corrected chi connectivity index (χ4v) is 3.34. The first-order valence-corrected chi connectivity index (χ1v) is 9.54. The minimum atomic E-state index is -0.352. The fraction of sp³-hybridized carbons (Fsp3) is 0.400. The monoisotopic (exact) mass is 395 g/mol. The molecule has 4 heterocycles. The molecule has 1 atom stereocenters. The Labute approximate surface area is 168 Å². The molecule has 9 heteroatoms. The molecule has 3 aromatic rings. The number of nitrogens with zero attached hydrogens (tertiary/aromatic N) is 4. The first kappa shape index (κ1) is 19.0. The lowest BCUT2D eigenvalue weighted by molar-refractivity contribution is -0.117. The smallest absolute Gasteiger partial charge is 0.250 e. The minimum absolute atomic E-state index is 0.0319. The van der Waals surface area contributed by atoms with E-state index in [0.717, 1.165) is 16.8 Å². The van der Waals surface area contributed by atoms with Crippen LogP contribution in [0.1, 0.15) is 32.9 Å². The van der Waals surface area contributed by atoms with Crippen LogP contribution in [0.25, 0.3) is 11.1 Å². The van der Waals surface area contributed by atoms with Crippen molar-refractivity contribution in [3.63, 3.8) is 0 Å². The quantitative estimate of drug-likeness (QED) is 0.612. The zero-order valence-corrected chi connectivity index (χ0v) is 17.0. The summed E-state index contributed by atoms with van der Waals surface area (Å²) >= 11 is 0. The molecule has 3 aromatic heterocycles. The van der Waals surface area contributed by atoms with Gasteiger partial charge in [0.15, 0.2) is 0 Å². The van der Waals surface area contributed by atoms with Crippen molar-refractivity contribution in [2.75, 3.05) is 23.9 Å². The SMILES string of the molecule is COc1nc(N2CCC(Nc3ncc(C(C)(C)C)[nH]3)C2=O)ccc1-c1cn[nH]c1. The van der Waals surface area contributed by atoms with E-state index in [4.69, 9.17) is 4.74 Å². The molecule has 4 rings (SSSR count). The van der Waals surface area contributed by atoms with Gasteiger partial charge in [0.2, 0.25) is 11.8 Å². The minimum Gasteiger partial charge on any atom is -0.480 e. The van der Waals surface area contributed by atoms with Crippen molar-refractivity contribution in [2.45, 2.75) is 38.6 Å². The summed E-state index contributed by atoms with van der Waals surface area (Å²) in [4.78, 5) is 26.8. The molecule has 1 fully saturated rings. The van der Waals surface area contributed by atoms with E-state index in [1.54, 1.807) is 30.6 Å². The molecule has 1 aliphatic heterocycles. The van der Waals surface area contributed by atoms with Crippen molar-refractivity contribution in [1.29, 1.82) is 0 Å². The highest BCUT2D eigenvalue weighted by Gasteiger charge is 2.34. The van der Waals surface area contributed by atoms with E-state index in [0.29, 0.717) is 30.6 Å².